The SMILES string of the molecule is CN(Cc1cc2c(=O)c(C(N)=O)cn(C)c2s1)CC(O)c1cccnn1. The smallest absolute Gasteiger partial charge is 0.254 e. The maximum absolute atomic E-state index is 12.4. The van der Waals surface area contributed by atoms with Crippen molar-refractivity contribution >= 4 is 27.5 Å². The van der Waals surface area contributed by atoms with Crippen molar-refractivity contribution in [2.75, 3.05) is 13.6 Å². The molecule has 0 radical (unpaired) electrons. The summed E-state index contributed by atoms with van der Waals surface area (Å²) in [4.78, 5) is 27.5. The monoisotopic (exact) mass is 373 g/mol. The maximum Gasteiger partial charge on any atom is 0.254 e. The Morgan fingerprint density at radius 1 is 1.50 bits per heavy atom. The van der Waals surface area contributed by atoms with Gasteiger partial charge in [0.25, 0.3) is 5.91 Å². The second-order valence-electron chi connectivity index (χ2n) is 6.14. The van der Waals surface area contributed by atoms with Gasteiger partial charge in [-0.1, -0.05) is 0 Å². The van der Waals surface area contributed by atoms with Crippen molar-refractivity contribution in [1.82, 2.24) is 19.7 Å². The van der Waals surface area contributed by atoms with Crippen LogP contribution < -0.4 is 11.2 Å². The van der Waals surface area contributed by atoms with E-state index in [4.69, 9.17) is 5.73 Å². The minimum absolute atomic E-state index is 0.0178. The number of amides is 1. The van der Waals surface area contributed by atoms with Gasteiger partial charge in [0.05, 0.1) is 11.1 Å². The summed E-state index contributed by atoms with van der Waals surface area (Å²) in [5, 5.41) is 18.4. The van der Waals surface area contributed by atoms with Gasteiger partial charge >= 0.3 is 0 Å². The molecule has 3 aromatic heterocycles. The fourth-order valence-corrected chi connectivity index (χ4v) is 3.94. The van der Waals surface area contributed by atoms with Crippen LogP contribution in [0.4, 0.5) is 0 Å². The molecule has 0 saturated carbocycles. The molecule has 3 heterocycles. The highest BCUT2D eigenvalue weighted by Gasteiger charge is 2.17. The molecule has 26 heavy (non-hydrogen) atoms. The first-order chi connectivity index (χ1) is 12.4. The molecule has 8 nitrogen and oxygen atoms in total. The van der Waals surface area contributed by atoms with Gasteiger partial charge in [0.1, 0.15) is 16.5 Å². The molecule has 136 valence electrons. The molecule has 0 aliphatic rings. The van der Waals surface area contributed by atoms with Crippen LogP contribution in [0.2, 0.25) is 0 Å². The van der Waals surface area contributed by atoms with Gasteiger partial charge < -0.3 is 15.4 Å². The molecule has 0 aromatic carbocycles. The lowest BCUT2D eigenvalue weighted by Crippen LogP contribution is -2.24. The molecule has 0 saturated heterocycles. The van der Waals surface area contributed by atoms with Gasteiger partial charge in [0.15, 0.2) is 0 Å². The van der Waals surface area contributed by atoms with E-state index in [1.807, 2.05) is 11.9 Å². The van der Waals surface area contributed by atoms with Crippen LogP contribution >= 0.6 is 11.3 Å². The molecule has 1 atom stereocenters. The topological polar surface area (TPSA) is 114 Å². The van der Waals surface area contributed by atoms with Crippen molar-refractivity contribution in [3.8, 4) is 0 Å². The standard InChI is InChI=1S/C17H19N5O3S/c1-21(9-14(23)13-4-3-5-19-20-13)7-10-6-11-15(24)12(16(18)25)8-22(2)17(11)26-10/h3-6,8,14,23H,7,9H2,1-2H3,(H2,18,25). The van der Waals surface area contributed by atoms with Gasteiger partial charge in [-0.05, 0) is 25.2 Å². The second kappa shape index (κ2) is 7.32. The van der Waals surface area contributed by atoms with Gasteiger partial charge in [-0.3, -0.25) is 14.5 Å². The van der Waals surface area contributed by atoms with Crippen molar-refractivity contribution in [2.45, 2.75) is 12.6 Å². The fourth-order valence-electron chi connectivity index (χ4n) is 2.78. The Kier molecular flexibility index (Phi) is 5.12. The van der Waals surface area contributed by atoms with Crippen LogP contribution in [0.5, 0.6) is 0 Å². The number of hydrogen-bond acceptors (Lipinski definition) is 7. The minimum Gasteiger partial charge on any atom is -0.385 e. The van der Waals surface area contributed by atoms with Gasteiger partial charge in [0, 0.05) is 37.4 Å². The number of carbonyl (C=O) groups is 1. The number of primary amides is 1. The number of likely N-dealkylation sites (N-methyl/N-ethyl adjacent to an activating group) is 1. The highest BCUT2D eigenvalue weighted by molar-refractivity contribution is 7.18. The molecule has 3 N–H and O–H groups in total. The lowest BCUT2D eigenvalue weighted by atomic mass is 10.2. The quantitative estimate of drug-likeness (QED) is 0.656. The molecule has 0 spiro atoms. The van der Waals surface area contributed by atoms with E-state index in [-0.39, 0.29) is 11.0 Å². The average molecular weight is 373 g/mol. The van der Waals surface area contributed by atoms with Crippen LogP contribution in [0.25, 0.3) is 10.2 Å². The summed E-state index contributed by atoms with van der Waals surface area (Å²) >= 11 is 1.47. The van der Waals surface area contributed by atoms with Crippen molar-refractivity contribution in [3.05, 3.63) is 57.0 Å². The summed E-state index contributed by atoms with van der Waals surface area (Å²) in [6.07, 6.45) is 2.27. The molecule has 3 rings (SSSR count). The predicted molar refractivity (Wildman–Crippen MR) is 98.9 cm³/mol. The third-order valence-electron chi connectivity index (χ3n) is 4.01. The lowest BCUT2D eigenvalue weighted by molar-refractivity contribution is 0.0998. The van der Waals surface area contributed by atoms with Crippen LogP contribution in [0.15, 0.2) is 35.4 Å². The summed E-state index contributed by atoms with van der Waals surface area (Å²) < 4.78 is 1.74. The van der Waals surface area contributed by atoms with Crippen molar-refractivity contribution in [3.63, 3.8) is 0 Å². The highest BCUT2D eigenvalue weighted by atomic mass is 32.1. The van der Waals surface area contributed by atoms with E-state index in [1.165, 1.54) is 17.5 Å². The van der Waals surface area contributed by atoms with Crippen LogP contribution in [0.3, 0.4) is 0 Å². The van der Waals surface area contributed by atoms with Crippen LogP contribution in [-0.4, -0.2) is 44.3 Å². The zero-order valence-corrected chi connectivity index (χ0v) is 15.2. The number of fused-ring (bicyclic) bond motifs is 1. The first kappa shape index (κ1) is 18.2. The van der Waals surface area contributed by atoms with E-state index in [0.29, 0.717) is 24.2 Å². The fraction of sp³-hybridized carbons (Fsp3) is 0.294. The number of aliphatic hydroxyl groups excluding tert-OH is 1. The minimum atomic E-state index is -0.754. The largest absolute Gasteiger partial charge is 0.385 e. The number of aliphatic hydroxyl groups is 1. The number of nitrogens with two attached hydrogens (primary N) is 1. The summed E-state index contributed by atoms with van der Waals surface area (Å²) in [5.41, 5.74) is 5.42. The first-order valence-electron chi connectivity index (χ1n) is 7.93. The Balaban J connectivity index is 1.81. The molecular formula is C17H19N5O3S. The van der Waals surface area contributed by atoms with E-state index in [1.54, 1.807) is 36.0 Å². The Morgan fingerprint density at radius 3 is 2.92 bits per heavy atom. The van der Waals surface area contributed by atoms with Crippen LogP contribution in [-0.2, 0) is 13.6 Å². The van der Waals surface area contributed by atoms with Gasteiger partial charge in [0.2, 0.25) is 5.43 Å². The molecule has 0 aliphatic heterocycles. The second-order valence-corrected chi connectivity index (χ2v) is 7.25. The summed E-state index contributed by atoms with van der Waals surface area (Å²) in [5.74, 6) is -0.732. The Bertz CT molecular complexity index is 999. The van der Waals surface area contributed by atoms with Crippen molar-refractivity contribution in [2.24, 2.45) is 12.8 Å². The summed E-state index contributed by atoms with van der Waals surface area (Å²) in [6.45, 7) is 0.915. The average Bonchev–Trinajstić information content (AvgIpc) is 3.03. The van der Waals surface area contributed by atoms with Gasteiger partial charge in [-0.25, -0.2) is 0 Å². The molecule has 1 unspecified atom stereocenters. The zero-order valence-electron chi connectivity index (χ0n) is 14.4. The number of pyridine rings is 1. The van der Waals surface area contributed by atoms with Crippen LogP contribution in [0, 0.1) is 0 Å². The predicted octanol–water partition coefficient (Wildman–Crippen LogP) is 0.654. The molecule has 0 aliphatic carbocycles. The summed E-state index contributed by atoms with van der Waals surface area (Å²) in [6, 6.07) is 5.23. The molecule has 3 aromatic rings. The van der Waals surface area contributed by atoms with Crippen molar-refractivity contribution in [1.29, 1.82) is 0 Å². The first-order valence-corrected chi connectivity index (χ1v) is 8.74. The van der Waals surface area contributed by atoms with E-state index in [2.05, 4.69) is 10.2 Å². The molecule has 0 bridgehead atoms. The number of nitrogens with zero attached hydrogens (tertiary/aromatic N) is 4. The highest BCUT2D eigenvalue weighted by Crippen LogP contribution is 2.25. The lowest BCUT2D eigenvalue weighted by Gasteiger charge is -2.19. The van der Waals surface area contributed by atoms with E-state index >= 15 is 0 Å². The third kappa shape index (κ3) is 3.64. The van der Waals surface area contributed by atoms with E-state index < -0.39 is 12.0 Å². The molecule has 9 heteroatoms. The van der Waals surface area contributed by atoms with Crippen LogP contribution in [0.1, 0.15) is 27.0 Å². The number of aryl methyl sites for hydroxylation is 1. The maximum atomic E-state index is 12.4. The Labute approximate surface area is 153 Å². The number of rotatable bonds is 6. The van der Waals surface area contributed by atoms with E-state index in [9.17, 15) is 14.7 Å². The molecular weight excluding hydrogens is 354 g/mol. The number of carbonyl (C=O) groups excluding carboxylic acids is 1. The normalized spacial score (nSPS) is 12.6. The van der Waals surface area contributed by atoms with E-state index in [0.717, 1.165) is 9.71 Å². The third-order valence-corrected chi connectivity index (χ3v) is 5.22. The number of thiophene rings is 1. The number of aromatic nitrogens is 3. The zero-order chi connectivity index (χ0) is 18.8. The molecule has 1 amide bonds. The number of hydrogen-bond donors (Lipinski definition) is 2. The summed E-state index contributed by atoms with van der Waals surface area (Å²) in [7, 11) is 3.65. The van der Waals surface area contributed by atoms with Gasteiger partial charge in [-0.15, -0.1) is 11.3 Å². The Morgan fingerprint density at radius 2 is 2.27 bits per heavy atom. The molecule has 0 fully saturated rings. The van der Waals surface area contributed by atoms with Gasteiger partial charge in [-0.2, -0.15) is 10.2 Å². The van der Waals surface area contributed by atoms with Crippen molar-refractivity contribution < 1.29 is 9.90 Å². The Hall–Kier alpha value is -2.62.